The van der Waals surface area contributed by atoms with Gasteiger partial charge in [0.25, 0.3) is 5.91 Å². The van der Waals surface area contributed by atoms with E-state index in [9.17, 15) is 17.6 Å². The predicted octanol–water partition coefficient (Wildman–Crippen LogP) is 3.67. The van der Waals surface area contributed by atoms with Gasteiger partial charge in [-0.1, -0.05) is 18.0 Å². The molecule has 0 aliphatic carbocycles. The van der Waals surface area contributed by atoms with Gasteiger partial charge in [-0.25, -0.2) is 12.8 Å². The van der Waals surface area contributed by atoms with Gasteiger partial charge in [-0.2, -0.15) is 4.31 Å². The van der Waals surface area contributed by atoms with Gasteiger partial charge in [-0.15, -0.1) is 0 Å². The normalized spacial score (nSPS) is 15.2. The number of ether oxygens (including phenoxy) is 1. The summed E-state index contributed by atoms with van der Waals surface area (Å²) in [5, 5.41) is 2.67. The van der Waals surface area contributed by atoms with Crippen molar-refractivity contribution in [2.24, 2.45) is 0 Å². The Hall–Kier alpha value is -2.16. The first kappa shape index (κ1) is 20.6. The zero-order valence-electron chi connectivity index (χ0n) is 15.0. The molecule has 0 spiro atoms. The molecule has 0 bridgehead atoms. The first-order valence-electron chi connectivity index (χ1n) is 8.84. The van der Waals surface area contributed by atoms with Crippen LogP contribution in [0.2, 0.25) is 5.02 Å². The van der Waals surface area contributed by atoms with Gasteiger partial charge in [-0.05, 0) is 55.3 Å². The van der Waals surface area contributed by atoms with Gasteiger partial charge in [0, 0.05) is 18.8 Å². The van der Waals surface area contributed by atoms with Crippen LogP contribution in [0.5, 0.6) is 5.75 Å². The number of carbonyl (C=O) groups is 1. The maximum Gasteiger partial charge on any atom is 0.262 e. The van der Waals surface area contributed by atoms with Crippen molar-refractivity contribution in [2.45, 2.75) is 24.2 Å². The summed E-state index contributed by atoms with van der Waals surface area (Å²) in [6, 6.07) is 9.51. The van der Waals surface area contributed by atoms with Crippen LogP contribution in [0, 0.1) is 5.82 Å². The fourth-order valence-electron chi connectivity index (χ4n) is 2.89. The van der Waals surface area contributed by atoms with Crippen LogP contribution in [0.1, 0.15) is 19.3 Å². The number of carbonyl (C=O) groups excluding carboxylic acids is 1. The van der Waals surface area contributed by atoms with Gasteiger partial charge >= 0.3 is 0 Å². The maximum absolute atomic E-state index is 12.9. The zero-order valence-corrected chi connectivity index (χ0v) is 16.6. The molecule has 150 valence electrons. The molecule has 1 saturated heterocycles. The monoisotopic (exact) mass is 426 g/mol. The fraction of sp³-hybridized carbons (Fsp3) is 0.316. The Morgan fingerprint density at radius 2 is 1.79 bits per heavy atom. The molecular formula is C19H20ClFN2O4S. The average molecular weight is 427 g/mol. The van der Waals surface area contributed by atoms with E-state index in [-0.39, 0.29) is 22.3 Å². The first-order valence-corrected chi connectivity index (χ1v) is 10.7. The van der Waals surface area contributed by atoms with Gasteiger partial charge in [0.1, 0.15) is 11.6 Å². The second kappa shape index (κ2) is 8.89. The number of anilines is 1. The van der Waals surface area contributed by atoms with Crippen molar-refractivity contribution in [3.8, 4) is 5.75 Å². The number of sulfonamides is 1. The Bertz CT molecular complexity index is 945. The summed E-state index contributed by atoms with van der Waals surface area (Å²) >= 11 is 6.15. The Morgan fingerprint density at radius 1 is 1.11 bits per heavy atom. The third-order valence-corrected chi connectivity index (χ3v) is 6.53. The molecule has 0 aromatic heterocycles. The average Bonchev–Trinajstić information content (AvgIpc) is 2.69. The molecule has 2 aromatic rings. The van der Waals surface area contributed by atoms with Gasteiger partial charge < -0.3 is 10.1 Å². The molecule has 6 nitrogen and oxygen atoms in total. The van der Waals surface area contributed by atoms with Crippen molar-refractivity contribution >= 4 is 33.2 Å². The van der Waals surface area contributed by atoms with E-state index in [4.69, 9.17) is 16.3 Å². The predicted molar refractivity (Wildman–Crippen MR) is 105 cm³/mol. The number of hydrogen-bond donors (Lipinski definition) is 1. The zero-order chi connectivity index (χ0) is 20.1. The van der Waals surface area contributed by atoms with E-state index in [0.29, 0.717) is 18.8 Å². The Balaban J connectivity index is 1.62. The highest BCUT2D eigenvalue weighted by Crippen LogP contribution is 2.29. The number of piperidine rings is 1. The molecule has 0 unspecified atom stereocenters. The molecule has 1 amide bonds. The minimum Gasteiger partial charge on any atom is -0.482 e. The molecule has 9 heteroatoms. The number of hydrogen-bond acceptors (Lipinski definition) is 4. The molecule has 1 heterocycles. The third kappa shape index (κ3) is 5.01. The number of nitrogens with one attached hydrogen (secondary N) is 1. The van der Waals surface area contributed by atoms with Crippen molar-refractivity contribution in [2.75, 3.05) is 25.0 Å². The summed E-state index contributed by atoms with van der Waals surface area (Å²) in [6.07, 6.45) is 2.72. The lowest BCUT2D eigenvalue weighted by Gasteiger charge is -2.26. The summed E-state index contributed by atoms with van der Waals surface area (Å²) in [5.74, 6) is -0.651. The summed E-state index contributed by atoms with van der Waals surface area (Å²) in [6.45, 7) is 0.679. The molecule has 1 fully saturated rings. The minimum absolute atomic E-state index is 0.0995. The lowest BCUT2D eigenvalue weighted by Crippen LogP contribution is -2.35. The Morgan fingerprint density at radius 3 is 2.43 bits per heavy atom. The number of amides is 1. The van der Waals surface area contributed by atoms with Gasteiger partial charge in [0.05, 0.1) is 9.92 Å². The maximum atomic E-state index is 12.9. The van der Waals surface area contributed by atoms with Gasteiger partial charge in [-0.3, -0.25) is 4.79 Å². The smallest absolute Gasteiger partial charge is 0.262 e. The SMILES string of the molecule is O=C(COc1ccc(S(=O)(=O)N2CCCCC2)cc1Cl)Nc1ccc(F)cc1. The molecule has 0 saturated carbocycles. The Labute approximate surface area is 168 Å². The largest absolute Gasteiger partial charge is 0.482 e. The molecule has 28 heavy (non-hydrogen) atoms. The number of rotatable bonds is 6. The lowest BCUT2D eigenvalue weighted by molar-refractivity contribution is -0.118. The number of nitrogens with zero attached hydrogens (tertiary/aromatic N) is 1. The van der Waals surface area contributed by atoms with Crippen LogP contribution in [0.15, 0.2) is 47.4 Å². The number of benzene rings is 2. The van der Waals surface area contributed by atoms with E-state index in [1.165, 1.54) is 46.8 Å². The van der Waals surface area contributed by atoms with Crippen LogP contribution in [-0.2, 0) is 14.8 Å². The van der Waals surface area contributed by atoms with E-state index in [0.717, 1.165) is 19.3 Å². The molecule has 1 aliphatic heterocycles. The summed E-state index contributed by atoms with van der Waals surface area (Å²) in [4.78, 5) is 12.0. The van der Waals surface area contributed by atoms with E-state index in [1.54, 1.807) is 0 Å². The van der Waals surface area contributed by atoms with Crippen molar-refractivity contribution in [1.82, 2.24) is 4.31 Å². The van der Waals surface area contributed by atoms with Crippen LogP contribution in [0.25, 0.3) is 0 Å². The first-order chi connectivity index (χ1) is 13.4. The lowest BCUT2D eigenvalue weighted by atomic mass is 10.2. The van der Waals surface area contributed by atoms with Crippen molar-refractivity contribution in [3.63, 3.8) is 0 Å². The second-order valence-electron chi connectivity index (χ2n) is 6.40. The van der Waals surface area contributed by atoms with Crippen LogP contribution >= 0.6 is 11.6 Å². The molecule has 3 rings (SSSR count). The Kier molecular flexibility index (Phi) is 6.53. The standard InChI is InChI=1S/C19H20ClFN2O4S/c20-17-12-16(28(25,26)23-10-2-1-3-11-23)8-9-18(17)27-13-19(24)22-15-6-4-14(21)5-7-15/h4-9,12H,1-3,10-11,13H2,(H,22,24). The topological polar surface area (TPSA) is 75.7 Å². The molecule has 2 aromatic carbocycles. The van der Waals surface area contributed by atoms with Crippen molar-refractivity contribution in [3.05, 3.63) is 53.3 Å². The summed E-state index contributed by atoms with van der Waals surface area (Å²) < 4.78 is 45.1. The van der Waals surface area contributed by atoms with Gasteiger partial charge in [0.15, 0.2) is 6.61 Å². The number of halogens is 2. The van der Waals surface area contributed by atoms with Crippen LogP contribution in [0.4, 0.5) is 10.1 Å². The van der Waals surface area contributed by atoms with Crippen LogP contribution in [0.3, 0.4) is 0 Å². The molecule has 0 atom stereocenters. The van der Waals surface area contributed by atoms with Crippen molar-refractivity contribution in [1.29, 1.82) is 0 Å². The van der Waals surface area contributed by atoms with E-state index in [2.05, 4.69) is 5.32 Å². The quantitative estimate of drug-likeness (QED) is 0.764. The van der Waals surface area contributed by atoms with E-state index in [1.807, 2.05) is 0 Å². The van der Waals surface area contributed by atoms with Crippen molar-refractivity contribution < 1.29 is 22.3 Å². The summed E-state index contributed by atoms with van der Waals surface area (Å²) in [5.41, 5.74) is 0.434. The van der Waals surface area contributed by atoms with Crippen LogP contribution in [-0.4, -0.2) is 38.3 Å². The highest BCUT2D eigenvalue weighted by atomic mass is 35.5. The van der Waals surface area contributed by atoms with Crippen LogP contribution < -0.4 is 10.1 Å². The van der Waals surface area contributed by atoms with E-state index < -0.39 is 21.7 Å². The molecule has 1 N–H and O–H groups in total. The second-order valence-corrected chi connectivity index (χ2v) is 8.75. The fourth-order valence-corrected chi connectivity index (χ4v) is 4.73. The summed E-state index contributed by atoms with van der Waals surface area (Å²) in [7, 11) is -3.59. The molecule has 0 radical (unpaired) electrons. The minimum atomic E-state index is -3.59. The van der Waals surface area contributed by atoms with E-state index >= 15 is 0 Å². The molecular weight excluding hydrogens is 407 g/mol. The highest BCUT2D eigenvalue weighted by Gasteiger charge is 2.26. The third-order valence-electron chi connectivity index (χ3n) is 4.34. The highest BCUT2D eigenvalue weighted by molar-refractivity contribution is 7.89. The van der Waals surface area contributed by atoms with Gasteiger partial charge in [0.2, 0.25) is 10.0 Å². The molecule has 1 aliphatic rings.